The minimum Gasteiger partial charge on any atom is -0.496 e. The molecule has 0 aliphatic rings. The van der Waals surface area contributed by atoms with Crippen molar-refractivity contribution in [2.45, 2.75) is 39.0 Å². The van der Waals surface area contributed by atoms with E-state index in [0.717, 1.165) is 23.8 Å². The van der Waals surface area contributed by atoms with Crippen molar-refractivity contribution in [1.29, 1.82) is 0 Å². The lowest BCUT2D eigenvalue weighted by Crippen LogP contribution is -2.52. The zero-order chi connectivity index (χ0) is 45.9. The summed E-state index contributed by atoms with van der Waals surface area (Å²) in [6.45, 7) is 10.5. The molecule has 0 aromatic heterocycles. The smallest absolute Gasteiger partial charge is 0.126 e. The van der Waals surface area contributed by atoms with Gasteiger partial charge in [0.25, 0.3) is 0 Å². The Morgan fingerprint density at radius 1 is 0.318 bits per heavy atom. The van der Waals surface area contributed by atoms with E-state index in [-0.39, 0.29) is 22.1 Å². The Balaban J connectivity index is 1.46. The van der Waals surface area contributed by atoms with Crippen LogP contribution in [0.15, 0.2) is 231 Å². The molecule has 2 nitrogen and oxygen atoms in total. The summed E-state index contributed by atoms with van der Waals surface area (Å²) < 4.78 is 12.7. The van der Waals surface area contributed by atoms with Crippen LogP contribution in [-0.4, -0.2) is 37.9 Å². The zero-order valence-electron chi connectivity index (χ0n) is 39.1. The molecule has 0 fully saturated rings. The second-order valence-corrected chi connectivity index (χ2v) is 27.1. The fourth-order valence-corrected chi connectivity index (χ4v) is 23.3. The van der Waals surface area contributed by atoms with Crippen molar-refractivity contribution in [2.75, 3.05) is 26.5 Å². The van der Waals surface area contributed by atoms with E-state index in [9.17, 15) is 0 Å². The average molecular weight is 939 g/mol. The van der Waals surface area contributed by atoms with Gasteiger partial charge in [0, 0.05) is 21.9 Å². The van der Waals surface area contributed by atoms with E-state index in [1.807, 2.05) is 14.2 Å². The highest BCUT2D eigenvalue weighted by molar-refractivity contribution is 7.78. The Labute approximate surface area is 399 Å². The van der Waals surface area contributed by atoms with Gasteiger partial charge in [0.05, 0.1) is 14.2 Å². The van der Waals surface area contributed by atoms with Crippen LogP contribution in [0.1, 0.15) is 27.7 Å². The average Bonchev–Trinajstić information content (AvgIpc) is 3.37. The van der Waals surface area contributed by atoms with Crippen molar-refractivity contribution in [3.8, 4) is 11.5 Å². The van der Waals surface area contributed by atoms with Crippen molar-refractivity contribution in [3.63, 3.8) is 0 Å². The van der Waals surface area contributed by atoms with Crippen LogP contribution in [0.3, 0.4) is 0 Å². The van der Waals surface area contributed by atoms with Crippen molar-refractivity contribution in [2.24, 2.45) is 10.8 Å². The summed E-state index contributed by atoms with van der Waals surface area (Å²) in [5.74, 6) is 1.92. The normalized spacial score (nSPS) is 13.8. The molecule has 4 unspecified atom stereocenters. The molecule has 0 saturated heterocycles. The molecule has 8 aromatic carbocycles. The van der Waals surface area contributed by atoms with Gasteiger partial charge in [-0.3, -0.25) is 0 Å². The summed E-state index contributed by atoms with van der Waals surface area (Å²) in [5.41, 5.74) is -0.113. The van der Waals surface area contributed by atoms with Crippen molar-refractivity contribution in [1.82, 2.24) is 0 Å². The SMILES string of the molecule is COc1ccccc1P(CC(C)(C)C(C(P(c1ccccc1)c1ccccc1)C(C)(C)CP(c1ccccc1)c1ccccc1)P(c1ccccc1)c1ccccc1OC)c1ccccc1. The van der Waals surface area contributed by atoms with Crippen molar-refractivity contribution < 1.29 is 9.47 Å². The molecule has 0 saturated carbocycles. The number of hydrogen-bond acceptors (Lipinski definition) is 2. The Morgan fingerprint density at radius 2 is 0.591 bits per heavy atom. The molecular formula is C60H62O2P4. The van der Waals surface area contributed by atoms with Crippen molar-refractivity contribution >= 4 is 74.1 Å². The third-order valence-electron chi connectivity index (χ3n) is 12.6. The van der Waals surface area contributed by atoms with Crippen LogP contribution in [0.4, 0.5) is 0 Å². The van der Waals surface area contributed by atoms with Crippen LogP contribution in [-0.2, 0) is 0 Å². The predicted octanol–water partition coefficient (Wildman–Crippen LogP) is 12.3. The molecule has 0 radical (unpaired) electrons. The van der Waals surface area contributed by atoms with E-state index in [1.54, 1.807) is 0 Å². The number of para-hydroxylation sites is 2. The standard InChI is InChI=1S/C60H62O2P4/c1-59(2,45-63(47-29-13-7-14-30-47)48-31-15-8-16-32-48)57(65(50-35-19-10-20-36-50)51-37-21-11-22-38-51)58(66(52-39-23-12-24-40-52)56-44-28-26-42-54(56)62-6)60(3,4)46-64(49-33-17-9-18-34-49)55-43-27-25-41-53(55)61-5/h7-44,57-58H,45-46H2,1-6H3. The first kappa shape index (κ1) is 47.6. The van der Waals surface area contributed by atoms with Crippen molar-refractivity contribution in [3.05, 3.63) is 231 Å². The maximum absolute atomic E-state index is 6.45. The lowest BCUT2D eigenvalue weighted by atomic mass is 9.79. The summed E-state index contributed by atoms with van der Waals surface area (Å²) in [5, 5.41) is 11.0. The molecular weight excluding hydrogens is 877 g/mol. The first-order chi connectivity index (χ1) is 32.2. The number of ether oxygens (including phenoxy) is 2. The Bertz CT molecular complexity index is 2620. The molecule has 6 heteroatoms. The predicted molar refractivity (Wildman–Crippen MR) is 294 cm³/mol. The fourth-order valence-electron chi connectivity index (χ4n) is 9.68. The molecule has 0 N–H and O–H groups in total. The fraction of sp³-hybridized carbons (Fsp3) is 0.200. The van der Waals surface area contributed by atoms with E-state index in [0.29, 0.717) is 0 Å². The van der Waals surface area contributed by atoms with E-state index < -0.39 is 31.7 Å². The number of methoxy groups -OCH3 is 2. The molecule has 0 spiro atoms. The van der Waals surface area contributed by atoms with Gasteiger partial charge in [-0.25, -0.2) is 0 Å². The Kier molecular flexibility index (Phi) is 16.0. The molecule has 4 atom stereocenters. The van der Waals surface area contributed by atoms with E-state index in [2.05, 4.69) is 258 Å². The largest absolute Gasteiger partial charge is 0.496 e. The maximum Gasteiger partial charge on any atom is 0.126 e. The molecule has 8 rings (SSSR count). The summed E-state index contributed by atoms with van der Waals surface area (Å²) >= 11 is 0. The van der Waals surface area contributed by atoms with Gasteiger partial charge in [0.1, 0.15) is 11.5 Å². The lowest BCUT2D eigenvalue weighted by molar-refractivity contribution is 0.300. The molecule has 334 valence electrons. The van der Waals surface area contributed by atoms with Gasteiger partial charge in [0.15, 0.2) is 0 Å². The van der Waals surface area contributed by atoms with Gasteiger partial charge >= 0.3 is 0 Å². The number of hydrogen-bond donors (Lipinski definition) is 0. The first-order valence-electron chi connectivity index (χ1n) is 22.9. The van der Waals surface area contributed by atoms with Gasteiger partial charge in [-0.2, -0.15) is 0 Å². The number of rotatable bonds is 19. The molecule has 0 aliphatic heterocycles. The van der Waals surface area contributed by atoms with Crippen LogP contribution in [0, 0.1) is 10.8 Å². The summed E-state index contributed by atoms with van der Waals surface area (Å²) in [4.78, 5) is 0. The van der Waals surface area contributed by atoms with Crippen LogP contribution < -0.4 is 51.9 Å². The van der Waals surface area contributed by atoms with E-state index >= 15 is 0 Å². The highest BCUT2D eigenvalue weighted by atomic mass is 31.1. The second-order valence-electron chi connectivity index (χ2n) is 18.1. The minimum atomic E-state index is -1.08. The van der Waals surface area contributed by atoms with E-state index in [4.69, 9.17) is 9.47 Å². The molecule has 66 heavy (non-hydrogen) atoms. The molecule has 0 amide bonds. The van der Waals surface area contributed by atoms with Gasteiger partial charge in [-0.15, -0.1) is 0 Å². The van der Waals surface area contributed by atoms with Gasteiger partial charge in [0.2, 0.25) is 0 Å². The Hall–Kier alpha value is -4.92. The monoisotopic (exact) mass is 938 g/mol. The highest BCUT2D eigenvalue weighted by Crippen LogP contribution is 2.65. The Morgan fingerprint density at radius 3 is 0.985 bits per heavy atom. The third-order valence-corrected chi connectivity index (χ3v) is 25.4. The van der Waals surface area contributed by atoms with Crippen LogP contribution in [0.25, 0.3) is 0 Å². The molecule has 0 heterocycles. The van der Waals surface area contributed by atoms with Gasteiger partial charge in [-0.1, -0.05) is 246 Å². The summed E-state index contributed by atoms with van der Waals surface area (Å²) in [6, 6.07) is 86.2. The van der Waals surface area contributed by atoms with Crippen LogP contribution >= 0.6 is 31.7 Å². The first-order valence-corrected chi connectivity index (χ1v) is 28.8. The topological polar surface area (TPSA) is 18.5 Å². The zero-order valence-corrected chi connectivity index (χ0v) is 42.7. The summed E-state index contributed by atoms with van der Waals surface area (Å²) in [6.07, 6.45) is 1.99. The molecule has 0 bridgehead atoms. The quantitative estimate of drug-likeness (QED) is 0.0752. The van der Waals surface area contributed by atoms with E-state index in [1.165, 1.54) is 42.4 Å². The third kappa shape index (κ3) is 10.9. The highest BCUT2D eigenvalue weighted by Gasteiger charge is 2.53. The second kappa shape index (κ2) is 22.3. The minimum absolute atomic E-state index is 0.152. The van der Waals surface area contributed by atoms with Crippen LogP contribution in [0.2, 0.25) is 0 Å². The summed E-state index contributed by atoms with van der Waals surface area (Å²) in [7, 11) is -0.0137. The molecule has 0 aliphatic carbocycles. The van der Waals surface area contributed by atoms with Gasteiger partial charge in [-0.05, 0) is 98.8 Å². The molecule has 8 aromatic rings. The maximum atomic E-state index is 6.45. The van der Waals surface area contributed by atoms with Crippen LogP contribution in [0.5, 0.6) is 11.5 Å². The number of benzene rings is 8. The lowest BCUT2D eigenvalue weighted by Gasteiger charge is -2.54. The van der Waals surface area contributed by atoms with Gasteiger partial charge < -0.3 is 9.47 Å².